The molecule has 0 bridgehead atoms. The molecule has 1 aromatic heterocycles. The van der Waals surface area contributed by atoms with E-state index in [0.29, 0.717) is 0 Å². The summed E-state index contributed by atoms with van der Waals surface area (Å²) in [5.74, 6) is -1.77. The first-order chi connectivity index (χ1) is 11.4. The molecule has 2 aromatic rings. The number of aliphatic hydroxyl groups is 1. The molecule has 0 aliphatic heterocycles. The molecule has 24 heavy (non-hydrogen) atoms. The summed E-state index contributed by atoms with van der Waals surface area (Å²) in [6.45, 7) is -0.0964. The summed E-state index contributed by atoms with van der Waals surface area (Å²) in [6.07, 6.45) is 1.69. The maximum atomic E-state index is 13.2. The lowest BCUT2D eigenvalue weighted by molar-refractivity contribution is 0.0264. The van der Waals surface area contributed by atoms with Gasteiger partial charge >= 0.3 is 0 Å². The second kappa shape index (κ2) is 6.16. The molecule has 1 atom stereocenters. The van der Waals surface area contributed by atoms with Gasteiger partial charge in [-0.2, -0.15) is 0 Å². The molecule has 0 fully saturated rings. The van der Waals surface area contributed by atoms with Crippen molar-refractivity contribution >= 4 is 16.9 Å². The number of nitrogens with one attached hydrogen (secondary N) is 1. The fourth-order valence-corrected chi connectivity index (χ4v) is 2.59. The lowest BCUT2D eigenvalue weighted by Crippen LogP contribution is -2.43. The SMILES string of the molecule is O=C(NCC1(O)CC=C(F)CC1)c1cc(=O)c2cc(F)ccc2o1. The number of fused-ring (bicyclic) bond motifs is 1. The molecular weight excluding hydrogens is 320 g/mol. The van der Waals surface area contributed by atoms with Gasteiger partial charge in [-0.3, -0.25) is 9.59 Å². The van der Waals surface area contributed by atoms with E-state index in [1.54, 1.807) is 0 Å². The van der Waals surface area contributed by atoms with Crippen molar-refractivity contribution in [1.29, 1.82) is 0 Å². The van der Waals surface area contributed by atoms with Gasteiger partial charge in [0.05, 0.1) is 16.8 Å². The van der Waals surface area contributed by atoms with E-state index in [1.165, 1.54) is 12.1 Å². The molecule has 1 heterocycles. The van der Waals surface area contributed by atoms with Crippen LogP contribution in [0.4, 0.5) is 8.78 Å². The van der Waals surface area contributed by atoms with Gasteiger partial charge in [0.15, 0.2) is 11.2 Å². The Kier molecular flexibility index (Phi) is 4.19. The zero-order valence-electron chi connectivity index (χ0n) is 12.6. The number of hydrogen-bond donors (Lipinski definition) is 2. The van der Waals surface area contributed by atoms with Crippen LogP contribution in [0.5, 0.6) is 0 Å². The van der Waals surface area contributed by atoms with Crippen LogP contribution in [0.25, 0.3) is 11.0 Å². The number of hydrogen-bond acceptors (Lipinski definition) is 4. The molecular formula is C17H15F2NO4. The fourth-order valence-electron chi connectivity index (χ4n) is 2.59. The van der Waals surface area contributed by atoms with Crippen molar-refractivity contribution in [1.82, 2.24) is 5.32 Å². The van der Waals surface area contributed by atoms with Crippen LogP contribution in [0.3, 0.4) is 0 Å². The highest BCUT2D eigenvalue weighted by molar-refractivity contribution is 5.93. The smallest absolute Gasteiger partial charge is 0.287 e. The zero-order chi connectivity index (χ0) is 17.3. The number of amides is 1. The van der Waals surface area contributed by atoms with Crippen LogP contribution in [-0.2, 0) is 0 Å². The molecule has 0 saturated carbocycles. The topological polar surface area (TPSA) is 79.5 Å². The molecule has 1 aliphatic rings. The number of allylic oxidation sites excluding steroid dienone is 1. The predicted molar refractivity (Wildman–Crippen MR) is 82.8 cm³/mol. The van der Waals surface area contributed by atoms with Gasteiger partial charge in [-0.05, 0) is 37.1 Å². The Hall–Kier alpha value is -2.54. The van der Waals surface area contributed by atoms with E-state index >= 15 is 0 Å². The maximum Gasteiger partial charge on any atom is 0.287 e. The summed E-state index contributed by atoms with van der Waals surface area (Å²) < 4.78 is 31.5. The Balaban J connectivity index is 1.77. The molecule has 0 spiro atoms. The average Bonchev–Trinajstić information content (AvgIpc) is 2.56. The number of carbonyl (C=O) groups excluding carboxylic acids is 1. The molecule has 126 valence electrons. The lowest BCUT2D eigenvalue weighted by Gasteiger charge is -2.29. The molecule has 3 rings (SSSR count). The van der Waals surface area contributed by atoms with Crippen LogP contribution < -0.4 is 10.7 Å². The fraction of sp³-hybridized carbons (Fsp3) is 0.294. The van der Waals surface area contributed by atoms with Crippen molar-refractivity contribution in [3.8, 4) is 0 Å². The Morgan fingerprint density at radius 2 is 2.12 bits per heavy atom. The Labute approximate surface area is 135 Å². The summed E-state index contributed by atoms with van der Waals surface area (Å²) in [6, 6.07) is 4.40. The monoisotopic (exact) mass is 335 g/mol. The van der Waals surface area contributed by atoms with E-state index in [9.17, 15) is 23.5 Å². The van der Waals surface area contributed by atoms with Crippen LogP contribution in [0, 0.1) is 5.82 Å². The van der Waals surface area contributed by atoms with Crippen LogP contribution in [0.15, 0.2) is 45.4 Å². The van der Waals surface area contributed by atoms with Crippen LogP contribution in [0.1, 0.15) is 29.8 Å². The molecule has 1 aliphatic carbocycles. The minimum Gasteiger partial charge on any atom is -0.451 e. The van der Waals surface area contributed by atoms with Gasteiger partial charge < -0.3 is 14.8 Å². The molecule has 1 amide bonds. The van der Waals surface area contributed by atoms with Crippen molar-refractivity contribution in [3.05, 3.63) is 58.0 Å². The van der Waals surface area contributed by atoms with Crippen LogP contribution in [0.2, 0.25) is 0 Å². The third-order valence-corrected chi connectivity index (χ3v) is 4.02. The highest BCUT2D eigenvalue weighted by Crippen LogP contribution is 2.27. The Morgan fingerprint density at radius 3 is 2.83 bits per heavy atom. The molecule has 0 radical (unpaired) electrons. The summed E-state index contributed by atoms with van der Waals surface area (Å²) in [4.78, 5) is 24.1. The summed E-state index contributed by atoms with van der Waals surface area (Å²) in [5.41, 5.74) is -1.68. The van der Waals surface area contributed by atoms with Crippen molar-refractivity contribution in [3.63, 3.8) is 0 Å². The Morgan fingerprint density at radius 1 is 1.33 bits per heavy atom. The van der Waals surface area contributed by atoms with Crippen molar-refractivity contribution in [2.45, 2.75) is 24.9 Å². The largest absolute Gasteiger partial charge is 0.451 e. The van der Waals surface area contributed by atoms with Gasteiger partial charge in [0.25, 0.3) is 5.91 Å². The van der Waals surface area contributed by atoms with E-state index in [2.05, 4.69) is 5.32 Å². The first kappa shape index (κ1) is 16.3. The minimum atomic E-state index is -1.23. The van der Waals surface area contributed by atoms with Crippen LogP contribution in [-0.4, -0.2) is 23.2 Å². The van der Waals surface area contributed by atoms with E-state index in [1.807, 2.05) is 0 Å². The highest BCUT2D eigenvalue weighted by atomic mass is 19.1. The summed E-state index contributed by atoms with van der Waals surface area (Å²) in [5, 5.41) is 12.8. The third kappa shape index (κ3) is 3.35. The normalized spacial score (nSPS) is 20.7. The zero-order valence-corrected chi connectivity index (χ0v) is 12.6. The van der Waals surface area contributed by atoms with E-state index in [0.717, 1.165) is 18.2 Å². The number of rotatable bonds is 3. The number of benzene rings is 1. The first-order valence-corrected chi connectivity index (χ1v) is 7.45. The van der Waals surface area contributed by atoms with Gasteiger partial charge in [0.2, 0.25) is 0 Å². The van der Waals surface area contributed by atoms with Gasteiger partial charge in [0.1, 0.15) is 11.4 Å². The van der Waals surface area contributed by atoms with E-state index in [-0.39, 0.29) is 48.4 Å². The second-order valence-corrected chi connectivity index (χ2v) is 5.88. The molecule has 1 aromatic carbocycles. The van der Waals surface area contributed by atoms with Gasteiger partial charge in [-0.15, -0.1) is 0 Å². The Bertz CT molecular complexity index is 890. The third-order valence-electron chi connectivity index (χ3n) is 4.02. The molecule has 5 nitrogen and oxygen atoms in total. The molecule has 2 N–H and O–H groups in total. The average molecular weight is 335 g/mol. The molecule has 7 heteroatoms. The van der Waals surface area contributed by atoms with Crippen molar-refractivity contribution < 1.29 is 23.1 Å². The van der Waals surface area contributed by atoms with Gasteiger partial charge in [-0.1, -0.05) is 0 Å². The second-order valence-electron chi connectivity index (χ2n) is 5.88. The summed E-state index contributed by atoms with van der Waals surface area (Å²) in [7, 11) is 0. The van der Waals surface area contributed by atoms with Crippen molar-refractivity contribution in [2.24, 2.45) is 0 Å². The lowest BCUT2D eigenvalue weighted by atomic mass is 9.89. The van der Waals surface area contributed by atoms with E-state index in [4.69, 9.17) is 4.42 Å². The van der Waals surface area contributed by atoms with Crippen molar-refractivity contribution in [2.75, 3.05) is 6.54 Å². The highest BCUT2D eigenvalue weighted by Gasteiger charge is 2.30. The minimum absolute atomic E-state index is 0.0399. The first-order valence-electron chi connectivity index (χ1n) is 7.45. The van der Waals surface area contributed by atoms with Crippen LogP contribution >= 0.6 is 0 Å². The van der Waals surface area contributed by atoms with E-state index < -0.39 is 22.8 Å². The predicted octanol–water partition coefficient (Wildman–Crippen LogP) is 2.43. The standard InChI is InChI=1S/C17H15F2NO4/c18-10-3-5-17(23,6-4-10)9-20-16(22)15-8-13(21)12-7-11(19)1-2-14(12)24-15/h1-3,7-8,23H,4-6,9H2,(H,20,22). The van der Waals surface area contributed by atoms with Gasteiger partial charge in [0, 0.05) is 19.0 Å². The van der Waals surface area contributed by atoms with Gasteiger partial charge in [-0.25, -0.2) is 8.78 Å². The quantitative estimate of drug-likeness (QED) is 0.903. The number of halogens is 2. The molecule has 1 unspecified atom stereocenters. The number of carbonyl (C=O) groups is 1. The maximum absolute atomic E-state index is 13.2. The summed E-state index contributed by atoms with van der Waals surface area (Å²) >= 11 is 0. The molecule has 0 saturated heterocycles.